The fourth-order valence-electron chi connectivity index (χ4n) is 9.13. The highest BCUT2D eigenvalue weighted by Crippen LogP contribution is 2.66. The molecule has 1 aliphatic heterocycles. The second-order valence-corrected chi connectivity index (χ2v) is 12.6. The van der Waals surface area contributed by atoms with Crippen LogP contribution in [-0.2, 0) is 6.42 Å². The molecule has 8 unspecified atom stereocenters. The summed E-state index contributed by atoms with van der Waals surface area (Å²) in [6, 6.07) is 0.628. The number of rotatable bonds is 5. The minimum atomic E-state index is 0.405. The number of aromatic amines is 1. The van der Waals surface area contributed by atoms with Crippen molar-refractivity contribution in [2.45, 2.75) is 105 Å². The van der Waals surface area contributed by atoms with Gasteiger partial charge in [-0.25, -0.2) is 0 Å². The van der Waals surface area contributed by atoms with Crippen molar-refractivity contribution in [3.05, 3.63) is 11.8 Å². The number of H-pyrrole nitrogens is 1. The van der Waals surface area contributed by atoms with E-state index in [4.69, 9.17) is 0 Å². The first-order valence-corrected chi connectivity index (χ1v) is 13.1. The molecule has 8 atom stereocenters. The Kier molecular flexibility index (Phi) is 5.26. The lowest BCUT2D eigenvalue weighted by molar-refractivity contribution is -0.0808. The van der Waals surface area contributed by atoms with Gasteiger partial charge in [-0.05, 0) is 91.3 Å². The molecule has 3 aliphatic carbocycles. The van der Waals surface area contributed by atoms with Crippen molar-refractivity contribution in [1.29, 1.82) is 0 Å². The average molecular weight is 412 g/mol. The van der Waals surface area contributed by atoms with Gasteiger partial charge in [0.15, 0.2) is 0 Å². The molecule has 0 amide bonds. The normalized spacial score (nSPS) is 43.3. The summed E-state index contributed by atoms with van der Waals surface area (Å²) < 4.78 is 0. The molecule has 0 aromatic carbocycles. The zero-order chi connectivity index (χ0) is 21.1. The lowest BCUT2D eigenvalue weighted by Crippen LogP contribution is -2.58. The standard InChI is InChI=1S/C27H45N3/c1-17(2)7-6-8-18(3)21-10-11-22-20-9-12-24-27(5,23(20)13-14-26(21,22)4)15-19-16-28-30-25(19)29-24/h16-18,20-24H,6-15H2,1-5H3,(H2,28,29,30). The van der Waals surface area contributed by atoms with E-state index in [9.17, 15) is 0 Å². The highest BCUT2D eigenvalue weighted by atomic mass is 15.2. The number of aromatic nitrogens is 2. The topological polar surface area (TPSA) is 40.7 Å². The first-order valence-electron chi connectivity index (χ1n) is 13.1. The SMILES string of the molecule is CC(C)CCCC(C)C1CCC2C3CCC4Nc5[nH]ncc5CC4(C)C3CCC12C. The van der Waals surface area contributed by atoms with Crippen molar-refractivity contribution < 1.29 is 0 Å². The van der Waals surface area contributed by atoms with Gasteiger partial charge in [0.2, 0.25) is 0 Å². The van der Waals surface area contributed by atoms with Crippen LogP contribution >= 0.6 is 0 Å². The van der Waals surface area contributed by atoms with Crippen LogP contribution in [0.25, 0.3) is 0 Å². The monoisotopic (exact) mass is 411 g/mol. The summed E-state index contributed by atoms with van der Waals surface area (Å²) in [6.45, 7) is 12.7. The molecule has 3 saturated carbocycles. The number of fused-ring (bicyclic) bond motifs is 6. The molecule has 1 aromatic heterocycles. The van der Waals surface area contributed by atoms with Gasteiger partial charge in [0.05, 0.1) is 6.20 Å². The average Bonchev–Trinajstić information content (AvgIpc) is 3.28. The predicted molar refractivity (Wildman–Crippen MR) is 125 cm³/mol. The first kappa shape index (κ1) is 20.9. The molecule has 4 aliphatic rings. The smallest absolute Gasteiger partial charge is 0.124 e. The Bertz CT molecular complexity index is 753. The number of nitrogens with one attached hydrogen (secondary N) is 2. The molecule has 5 rings (SSSR count). The zero-order valence-electron chi connectivity index (χ0n) is 20.1. The summed E-state index contributed by atoms with van der Waals surface area (Å²) >= 11 is 0. The Hall–Kier alpha value is -0.990. The summed E-state index contributed by atoms with van der Waals surface area (Å²) in [5.41, 5.74) is 2.43. The number of hydrogen-bond donors (Lipinski definition) is 2. The molecular formula is C27H45N3. The van der Waals surface area contributed by atoms with Crippen LogP contribution in [0.5, 0.6) is 0 Å². The van der Waals surface area contributed by atoms with E-state index in [0.29, 0.717) is 16.9 Å². The minimum absolute atomic E-state index is 0.405. The van der Waals surface area contributed by atoms with Gasteiger partial charge in [0.25, 0.3) is 0 Å². The van der Waals surface area contributed by atoms with E-state index in [0.717, 1.165) is 35.5 Å². The second-order valence-electron chi connectivity index (χ2n) is 12.6. The Morgan fingerprint density at radius 3 is 2.60 bits per heavy atom. The van der Waals surface area contributed by atoms with Gasteiger partial charge in [0, 0.05) is 11.6 Å². The third kappa shape index (κ3) is 3.16. The van der Waals surface area contributed by atoms with Crippen LogP contribution in [0.15, 0.2) is 6.20 Å². The van der Waals surface area contributed by atoms with Gasteiger partial charge in [-0.15, -0.1) is 0 Å². The van der Waals surface area contributed by atoms with Gasteiger partial charge in [-0.3, -0.25) is 5.10 Å². The summed E-state index contributed by atoms with van der Waals surface area (Å²) in [5.74, 6) is 6.74. The van der Waals surface area contributed by atoms with Gasteiger partial charge in [-0.1, -0.05) is 53.9 Å². The van der Waals surface area contributed by atoms with E-state index in [1.165, 1.54) is 75.6 Å². The molecule has 2 N–H and O–H groups in total. The number of anilines is 1. The Balaban J connectivity index is 1.33. The molecule has 3 heteroatoms. The third-order valence-electron chi connectivity index (χ3n) is 10.7. The first-order chi connectivity index (χ1) is 14.3. The molecule has 3 fully saturated rings. The molecule has 168 valence electrons. The Labute approximate surface area is 184 Å². The van der Waals surface area contributed by atoms with Gasteiger partial charge in [0.1, 0.15) is 5.82 Å². The largest absolute Gasteiger partial charge is 0.367 e. The molecule has 0 radical (unpaired) electrons. The van der Waals surface area contributed by atoms with Crippen LogP contribution in [0.4, 0.5) is 5.82 Å². The highest BCUT2D eigenvalue weighted by molar-refractivity contribution is 5.48. The van der Waals surface area contributed by atoms with E-state index in [1.54, 1.807) is 0 Å². The lowest BCUT2D eigenvalue weighted by Gasteiger charge is -2.60. The zero-order valence-corrected chi connectivity index (χ0v) is 20.1. The summed E-state index contributed by atoms with van der Waals surface area (Å²) in [7, 11) is 0. The summed E-state index contributed by atoms with van der Waals surface area (Å²) in [4.78, 5) is 0. The van der Waals surface area contributed by atoms with E-state index in [2.05, 4.69) is 56.3 Å². The highest BCUT2D eigenvalue weighted by Gasteiger charge is 2.60. The number of nitrogens with zero attached hydrogens (tertiary/aromatic N) is 1. The molecule has 1 aromatic rings. The molecular weight excluding hydrogens is 366 g/mol. The summed E-state index contributed by atoms with van der Waals surface area (Å²) in [5, 5.41) is 11.4. The maximum Gasteiger partial charge on any atom is 0.124 e. The number of hydrogen-bond acceptors (Lipinski definition) is 2. The van der Waals surface area contributed by atoms with E-state index >= 15 is 0 Å². The van der Waals surface area contributed by atoms with E-state index in [-0.39, 0.29) is 0 Å². The predicted octanol–water partition coefficient (Wildman–Crippen LogP) is 7.07. The van der Waals surface area contributed by atoms with Crippen molar-refractivity contribution in [2.24, 2.45) is 46.3 Å². The second kappa shape index (κ2) is 7.55. The van der Waals surface area contributed by atoms with Crippen LogP contribution in [0.1, 0.15) is 98.0 Å². The third-order valence-corrected chi connectivity index (χ3v) is 10.7. The van der Waals surface area contributed by atoms with Crippen molar-refractivity contribution in [3.8, 4) is 0 Å². The fourth-order valence-corrected chi connectivity index (χ4v) is 9.13. The Morgan fingerprint density at radius 2 is 1.80 bits per heavy atom. The fraction of sp³-hybridized carbons (Fsp3) is 0.889. The van der Waals surface area contributed by atoms with Gasteiger partial charge in [-0.2, -0.15) is 5.10 Å². The molecule has 0 spiro atoms. The molecule has 0 saturated heterocycles. The maximum absolute atomic E-state index is 4.34. The lowest BCUT2D eigenvalue weighted by atomic mass is 9.46. The van der Waals surface area contributed by atoms with E-state index in [1.807, 2.05) is 0 Å². The molecule has 0 bridgehead atoms. The van der Waals surface area contributed by atoms with Gasteiger partial charge >= 0.3 is 0 Å². The van der Waals surface area contributed by atoms with Crippen LogP contribution in [0, 0.1) is 46.3 Å². The quantitative estimate of drug-likeness (QED) is 0.544. The van der Waals surface area contributed by atoms with Crippen molar-refractivity contribution in [3.63, 3.8) is 0 Å². The van der Waals surface area contributed by atoms with Crippen molar-refractivity contribution in [2.75, 3.05) is 5.32 Å². The maximum atomic E-state index is 4.34. The van der Waals surface area contributed by atoms with Crippen molar-refractivity contribution in [1.82, 2.24) is 10.2 Å². The molecule has 2 heterocycles. The molecule has 30 heavy (non-hydrogen) atoms. The van der Waals surface area contributed by atoms with Crippen LogP contribution in [0.2, 0.25) is 0 Å². The van der Waals surface area contributed by atoms with E-state index < -0.39 is 0 Å². The van der Waals surface area contributed by atoms with Crippen LogP contribution < -0.4 is 5.32 Å². The summed E-state index contributed by atoms with van der Waals surface area (Å²) in [6.07, 6.45) is 16.3. The minimum Gasteiger partial charge on any atom is -0.367 e. The Morgan fingerprint density at radius 1 is 1.00 bits per heavy atom. The van der Waals surface area contributed by atoms with Crippen LogP contribution in [0.3, 0.4) is 0 Å². The van der Waals surface area contributed by atoms with Crippen molar-refractivity contribution >= 4 is 5.82 Å². The van der Waals surface area contributed by atoms with Gasteiger partial charge < -0.3 is 5.32 Å². The molecule has 3 nitrogen and oxygen atoms in total. The van der Waals surface area contributed by atoms with Crippen LogP contribution in [-0.4, -0.2) is 16.2 Å².